The average Bonchev–Trinajstić information content (AvgIpc) is 3.30. The van der Waals surface area contributed by atoms with Gasteiger partial charge in [-0.3, -0.25) is 4.79 Å². The van der Waals surface area contributed by atoms with E-state index in [4.69, 9.17) is 4.98 Å². The maximum absolute atomic E-state index is 12.6. The molecule has 8 nitrogen and oxygen atoms in total. The van der Waals surface area contributed by atoms with E-state index in [0.717, 1.165) is 71.8 Å². The zero-order valence-electron chi connectivity index (χ0n) is 21.2. The molecule has 2 heterocycles. The Kier molecular flexibility index (Phi) is 5.86. The zero-order valence-corrected chi connectivity index (χ0v) is 21.2. The summed E-state index contributed by atoms with van der Waals surface area (Å²) in [6.07, 6.45) is 10.5. The van der Waals surface area contributed by atoms with Crippen molar-refractivity contribution in [3.05, 3.63) is 41.6 Å². The molecule has 2 aromatic heterocycles. The van der Waals surface area contributed by atoms with Gasteiger partial charge in [0.15, 0.2) is 5.65 Å². The van der Waals surface area contributed by atoms with E-state index >= 15 is 0 Å². The molecule has 4 N–H and O–H groups in total. The summed E-state index contributed by atoms with van der Waals surface area (Å²) in [6, 6.07) is 8.80. The number of rotatable bonds is 8. The molecule has 0 aliphatic heterocycles. The third-order valence-electron chi connectivity index (χ3n) is 7.90. The number of carbonyl (C=O) groups excluding carboxylic acids is 1. The number of aryl methyl sites for hydroxylation is 1. The molecule has 0 saturated heterocycles. The van der Waals surface area contributed by atoms with Gasteiger partial charge < -0.3 is 21.1 Å². The number of anilines is 2. The molecule has 1 amide bonds. The third kappa shape index (κ3) is 4.78. The van der Waals surface area contributed by atoms with Gasteiger partial charge in [-0.05, 0) is 75.5 Å². The van der Waals surface area contributed by atoms with Crippen LogP contribution in [-0.4, -0.2) is 49.8 Å². The summed E-state index contributed by atoms with van der Waals surface area (Å²) >= 11 is 0. The molecule has 3 saturated carbocycles. The van der Waals surface area contributed by atoms with Crippen LogP contribution in [0.3, 0.4) is 0 Å². The molecule has 0 unspecified atom stereocenters. The predicted molar refractivity (Wildman–Crippen MR) is 143 cm³/mol. The lowest BCUT2D eigenvalue weighted by Gasteiger charge is -2.41. The highest BCUT2D eigenvalue weighted by atomic mass is 16.3. The minimum absolute atomic E-state index is 0. The molecule has 3 aliphatic rings. The van der Waals surface area contributed by atoms with Crippen molar-refractivity contribution in [1.82, 2.24) is 19.9 Å². The smallest absolute Gasteiger partial charge is 0.251 e. The summed E-state index contributed by atoms with van der Waals surface area (Å²) in [5.74, 6) is 2.21. The van der Waals surface area contributed by atoms with Gasteiger partial charge in [0.05, 0.1) is 11.8 Å². The fraction of sp³-hybridized carbons (Fsp3) is 0.536. The van der Waals surface area contributed by atoms with E-state index in [0.29, 0.717) is 18.0 Å². The van der Waals surface area contributed by atoms with Crippen LogP contribution in [0, 0.1) is 12.8 Å². The van der Waals surface area contributed by atoms with Gasteiger partial charge in [0.25, 0.3) is 5.91 Å². The van der Waals surface area contributed by atoms with Crippen molar-refractivity contribution in [3.8, 4) is 11.1 Å². The molecule has 192 valence electrons. The Morgan fingerprint density at radius 3 is 2.64 bits per heavy atom. The normalized spacial score (nSPS) is 24.0. The van der Waals surface area contributed by atoms with Crippen LogP contribution >= 0.6 is 0 Å². The molecule has 0 spiro atoms. The number of fused-ring (bicyclic) bond motifs is 1. The number of carbonyl (C=O) groups is 1. The monoisotopic (exact) mass is 490 g/mol. The largest absolute Gasteiger partial charge is 0.390 e. The summed E-state index contributed by atoms with van der Waals surface area (Å²) in [6.45, 7) is 4.68. The first-order chi connectivity index (χ1) is 17.3. The maximum atomic E-state index is 12.6. The van der Waals surface area contributed by atoms with E-state index in [2.05, 4.69) is 33.2 Å². The summed E-state index contributed by atoms with van der Waals surface area (Å²) in [7, 11) is 0. The number of nitrogens with zero attached hydrogens (tertiary/aromatic N) is 3. The first-order valence-electron chi connectivity index (χ1n) is 13.4. The lowest BCUT2D eigenvalue weighted by atomic mass is 9.72. The molecule has 0 radical (unpaired) electrons. The van der Waals surface area contributed by atoms with Crippen LogP contribution in [0.5, 0.6) is 0 Å². The fourth-order valence-electron chi connectivity index (χ4n) is 5.80. The standard InChI is InChI=1S/C28H36N6O2.H2/c1-17-11-19(7-10-22(17)27(35)32-21-8-9-21)23-16-30-34-25(29-15-18-13-28(2,36)14-18)12-24(33-26(23)34)31-20-5-3-4-6-20;/h7,10-12,16,18,20-21,29,36H,3-6,8-9,13-15H2,1-2H3,(H,31,33)(H,32,35);1H. The Labute approximate surface area is 213 Å². The third-order valence-corrected chi connectivity index (χ3v) is 7.90. The Hall–Kier alpha value is -3.13. The van der Waals surface area contributed by atoms with Crippen LogP contribution in [-0.2, 0) is 0 Å². The Bertz CT molecular complexity index is 1290. The van der Waals surface area contributed by atoms with E-state index in [-0.39, 0.29) is 7.33 Å². The van der Waals surface area contributed by atoms with E-state index in [1.165, 1.54) is 25.7 Å². The number of benzene rings is 1. The van der Waals surface area contributed by atoms with E-state index in [1.807, 2.05) is 36.7 Å². The second-order valence-electron chi connectivity index (χ2n) is 11.4. The van der Waals surface area contributed by atoms with Crippen molar-refractivity contribution < 1.29 is 11.3 Å². The van der Waals surface area contributed by atoms with Gasteiger partial charge in [-0.15, -0.1) is 0 Å². The molecular weight excluding hydrogens is 452 g/mol. The van der Waals surface area contributed by atoms with Crippen molar-refractivity contribution >= 4 is 23.2 Å². The zero-order chi connectivity index (χ0) is 24.9. The molecule has 36 heavy (non-hydrogen) atoms. The highest BCUT2D eigenvalue weighted by Crippen LogP contribution is 2.37. The Morgan fingerprint density at radius 2 is 1.94 bits per heavy atom. The first-order valence-corrected chi connectivity index (χ1v) is 13.4. The van der Waals surface area contributed by atoms with Crippen LogP contribution < -0.4 is 16.0 Å². The second-order valence-corrected chi connectivity index (χ2v) is 11.4. The van der Waals surface area contributed by atoms with Gasteiger partial charge in [-0.2, -0.15) is 9.61 Å². The summed E-state index contributed by atoms with van der Waals surface area (Å²) in [5, 5.41) is 25.1. The fourth-order valence-corrected chi connectivity index (χ4v) is 5.80. The number of aromatic nitrogens is 3. The van der Waals surface area contributed by atoms with Crippen molar-refractivity contribution in [2.24, 2.45) is 5.92 Å². The Morgan fingerprint density at radius 1 is 1.17 bits per heavy atom. The van der Waals surface area contributed by atoms with Crippen molar-refractivity contribution in [3.63, 3.8) is 0 Å². The maximum Gasteiger partial charge on any atom is 0.251 e. The second kappa shape index (κ2) is 9.07. The van der Waals surface area contributed by atoms with Crippen molar-refractivity contribution in [1.29, 1.82) is 0 Å². The molecule has 3 aromatic rings. The lowest BCUT2D eigenvalue weighted by Crippen LogP contribution is -2.43. The molecule has 0 bridgehead atoms. The number of hydrogen-bond acceptors (Lipinski definition) is 6. The molecule has 6 rings (SSSR count). The van der Waals surface area contributed by atoms with E-state index < -0.39 is 5.60 Å². The highest BCUT2D eigenvalue weighted by Gasteiger charge is 2.38. The molecule has 0 atom stereocenters. The highest BCUT2D eigenvalue weighted by molar-refractivity contribution is 5.97. The lowest BCUT2D eigenvalue weighted by molar-refractivity contribution is -0.0524. The Balaban J connectivity index is 0.00000280. The van der Waals surface area contributed by atoms with Crippen LogP contribution in [0.2, 0.25) is 0 Å². The van der Waals surface area contributed by atoms with Crippen LogP contribution in [0.4, 0.5) is 11.6 Å². The molecule has 1 aromatic carbocycles. The van der Waals surface area contributed by atoms with Gasteiger partial charge in [0.1, 0.15) is 11.6 Å². The number of aliphatic hydroxyl groups is 1. The van der Waals surface area contributed by atoms with Crippen molar-refractivity contribution in [2.75, 3.05) is 17.2 Å². The van der Waals surface area contributed by atoms with Crippen molar-refractivity contribution in [2.45, 2.75) is 82.9 Å². The average molecular weight is 491 g/mol. The SMILES string of the molecule is Cc1cc(-c2cnn3c(NCC4CC(C)(O)C4)cc(NC4CCCC4)nc23)ccc1C(=O)NC1CC1.[HH]. The number of hydrogen-bond donors (Lipinski definition) is 4. The van der Waals surface area contributed by atoms with E-state index in [1.54, 1.807) is 0 Å². The summed E-state index contributed by atoms with van der Waals surface area (Å²) in [5.41, 5.74) is 3.86. The van der Waals surface area contributed by atoms with Gasteiger partial charge in [-0.25, -0.2) is 4.98 Å². The minimum atomic E-state index is -0.534. The number of nitrogens with one attached hydrogen (secondary N) is 3. The quantitative estimate of drug-likeness (QED) is 0.363. The van der Waals surface area contributed by atoms with Gasteiger partial charge in [0.2, 0.25) is 0 Å². The van der Waals surface area contributed by atoms with Crippen LogP contribution in [0.15, 0.2) is 30.5 Å². The number of amides is 1. The predicted octanol–water partition coefficient (Wildman–Crippen LogP) is 4.77. The summed E-state index contributed by atoms with van der Waals surface area (Å²) < 4.78 is 1.87. The molecule has 3 aliphatic carbocycles. The van der Waals surface area contributed by atoms with E-state index in [9.17, 15) is 9.90 Å². The van der Waals surface area contributed by atoms with Gasteiger partial charge in [0, 0.05) is 37.2 Å². The molecule has 3 fully saturated rings. The molecule has 8 heteroatoms. The van der Waals surface area contributed by atoms with Crippen LogP contribution in [0.1, 0.15) is 75.6 Å². The van der Waals surface area contributed by atoms with Gasteiger partial charge >= 0.3 is 0 Å². The van der Waals surface area contributed by atoms with Gasteiger partial charge in [-0.1, -0.05) is 25.0 Å². The molecular formula is C28H38N6O2. The summed E-state index contributed by atoms with van der Waals surface area (Å²) in [4.78, 5) is 17.6. The topological polar surface area (TPSA) is 104 Å². The van der Waals surface area contributed by atoms with Crippen LogP contribution in [0.25, 0.3) is 16.8 Å². The first kappa shape index (κ1) is 23.3. The minimum Gasteiger partial charge on any atom is -0.390 e.